The summed E-state index contributed by atoms with van der Waals surface area (Å²) in [6, 6.07) is 12.5. The zero-order valence-corrected chi connectivity index (χ0v) is 16.5. The second kappa shape index (κ2) is 8.71. The smallest absolute Gasteiger partial charge is 0.277 e. The zero-order valence-electron chi connectivity index (χ0n) is 15.7. The number of thioether (sulfide) groups is 1. The molecule has 0 fully saturated rings. The maximum atomic E-state index is 12.2. The highest BCUT2D eigenvalue weighted by Gasteiger charge is 2.16. The van der Waals surface area contributed by atoms with Crippen molar-refractivity contribution in [1.29, 1.82) is 0 Å². The quantitative estimate of drug-likeness (QED) is 0.637. The molecule has 0 saturated carbocycles. The summed E-state index contributed by atoms with van der Waals surface area (Å²) in [7, 11) is 1.46. The van der Waals surface area contributed by atoms with E-state index in [4.69, 9.17) is 9.15 Å². The van der Waals surface area contributed by atoms with Crippen molar-refractivity contribution in [1.82, 2.24) is 15.5 Å². The molecule has 0 unspecified atom stereocenters. The molecule has 2 amide bonds. The molecule has 1 N–H and O–H groups in total. The third-order valence-electron chi connectivity index (χ3n) is 4.09. The van der Waals surface area contributed by atoms with E-state index in [0.29, 0.717) is 11.6 Å². The summed E-state index contributed by atoms with van der Waals surface area (Å²) in [5.41, 5.74) is 3.41. The van der Waals surface area contributed by atoms with Crippen LogP contribution in [0.2, 0.25) is 0 Å². The lowest BCUT2D eigenvalue weighted by Gasteiger charge is -2.07. The van der Waals surface area contributed by atoms with E-state index in [2.05, 4.69) is 15.5 Å². The number of rotatable bonds is 6. The normalized spacial score (nSPS) is 10.5. The van der Waals surface area contributed by atoms with Crippen LogP contribution in [0, 0.1) is 13.8 Å². The molecular formula is C20H19N3O4S. The minimum Gasteiger partial charge on any atom is -0.496 e. The van der Waals surface area contributed by atoms with E-state index in [9.17, 15) is 9.59 Å². The summed E-state index contributed by atoms with van der Waals surface area (Å²) in [6.07, 6.45) is 0. The van der Waals surface area contributed by atoms with Gasteiger partial charge in [-0.25, -0.2) is 0 Å². The molecule has 1 aromatic heterocycles. The highest BCUT2D eigenvalue weighted by molar-refractivity contribution is 7.99. The van der Waals surface area contributed by atoms with Gasteiger partial charge in [0.15, 0.2) is 0 Å². The maximum Gasteiger partial charge on any atom is 0.277 e. The summed E-state index contributed by atoms with van der Waals surface area (Å²) in [4.78, 5) is 24.3. The number of hydrogen-bond donors (Lipinski definition) is 1. The molecule has 0 spiro atoms. The highest BCUT2D eigenvalue weighted by Crippen LogP contribution is 2.24. The van der Waals surface area contributed by atoms with Gasteiger partial charge in [-0.1, -0.05) is 30.0 Å². The van der Waals surface area contributed by atoms with Crippen molar-refractivity contribution in [3.63, 3.8) is 0 Å². The number of ether oxygens (including phenoxy) is 1. The number of aromatic nitrogens is 2. The number of nitrogens with one attached hydrogen (secondary N) is 1. The van der Waals surface area contributed by atoms with E-state index < -0.39 is 11.8 Å². The van der Waals surface area contributed by atoms with Gasteiger partial charge in [0.2, 0.25) is 11.8 Å². The van der Waals surface area contributed by atoms with Gasteiger partial charge >= 0.3 is 0 Å². The number of nitrogens with zero attached hydrogens (tertiary/aromatic N) is 2. The Bertz CT molecular complexity index is 1020. The van der Waals surface area contributed by atoms with Gasteiger partial charge in [0.1, 0.15) is 5.75 Å². The predicted molar refractivity (Wildman–Crippen MR) is 105 cm³/mol. The van der Waals surface area contributed by atoms with Crippen molar-refractivity contribution in [2.75, 3.05) is 12.9 Å². The fourth-order valence-electron chi connectivity index (χ4n) is 2.45. The van der Waals surface area contributed by atoms with Crippen molar-refractivity contribution in [2.24, 2.45) is 0 Å². The second-order valence-electron chi connectivity index (χ2n) is 6.04. The van der Waals surface area contributed by atoms with Crippen LogP contribution in [0.15, 0.2) is 52.1 Å². The lowest BCUT2D eigenvalue weighted by atomic mass is 10.1. The molecule has 144 valence electrons. The number of imide groups is 1. The molecule has 0 aliphatic heterocycles. The van der Waals surface area contributed by atoms with Crippen molar-refractivity contribution in [3.8, 4) is 17.2 Å². The van der Waals surface area contributed by atoms with E-state index in [1.54, 1.807) is 24.3 Å². The van der Waals surface area contributed by atoms with Gasteiger partial charge in [-0.3, -0.25) is 14.9 Å². The van der Waals surface area contributed by atoms with Crippen LogP contribution in [0.5, 0.6) is 5.75 Å². The summed E-state index contributed by atoms with van der Waals surface area (Å²) < 4.78 is 10.7. The Morgan fingerprint density at radius 3 is 2.64 bits per heavy atom. The summed E-state index contributed by atoms with van der Waals surface area (Å²) >= 11 is 1.06. The van der Waals surface area contributed by atoms with Crippen LogP contribution in [-0.2, 0) is 4.79 Å². The number of para-hydroxylation sites is 1. The number of hydrogen-bond acceptors (Lipinski definition) is 7. The van der Waals surface area contributed by atoms with Crippen molar-refractivity contribution >= 4 is 23.6 Å². The third-order valence-corrected chi connectivity index (χ3v) is 4.91. The summed E-state index contributed by atoms with van der Waals surface area (Å²) in [6.45, 7) is 4.03. The standard InChI is InChI=1S/C20H19N3O4S/c1-12-8-9-14(10-13(12)2)19-22-23-20(27-19)28-11-17(24)21-18(25)15-6-4-5-7-16(15)26-3/h4-10H,11H2,1-3H3,(H,21,24,25). The van der Waals surface area contributed by atoms with Crippen molar-refractivity contribution in [3.05, 3.63) is 59.2 Å². The van der Waals surface area contributed by atoms with Gasteiger partial charge in [-0.2, -0.15) is 0 Å². The predicted octanol–water partition coefficient (Wildman–Crippen LogP) is 3.41. The maximum absolute atomic E-state index is 12.2. The third kappa shape index (κ3) is 4.58. The first kappa shape index (κ1) is 19.6. The Kier molecular flexibility index (Phi) is 6.10. The molecule has 3 aromatic rings. The number of amides is 2. The van der Waals surface area contributed by atoms with Crippen LogP contribution >= 0.6 is 11.8 Å². The molecule has 7 nitrogen and oxygen atoms in total. The molecule has 28 heavy (non-hydrogen) atoms. The van der Waals surface area contributed by atoms with Gasteiger partial charge < -0.3 is 9.15 Å². The molecule has 0 aliphatic carbocycles. The topological polar surface area (TPSA) is 94.3 Å². The van der Waals surface area contributed by atoms with E-state index >= 15 is 0 Å². The number of carbonyl (C=O) groups excluding carboxylic acids is 2. The molecule has 2 aromatic carbocycles. The second-order valence-corrected chi connectivity index (χ2v) is 6.97. The average molecular weight is 397 g/mol. The van der Waals surface area contributed by atoms with Gasteiger partial charge in [-0.05, 0) is 49.2 Å². The van der Waals surface area contributed by atoms with Crippen molar-refractivity contribution in [2.45, 2.75) is 19.1 Å². The first-order valence-electron chi connectivity index (χ1n) is 8.49. The van der Waals surface area contributed by atoms with Gasteiger partial charge in [0, 0.05) is 5.56 Å². The highest BCUT2D eigenvalue weighted by atomic mass is 32.2. The molecule has 0 aliphatic rings. The average Bonchev–Trinajstić information content (AvgIpc) is 3.17. The van der Waals surface area contributed by atoms with E-state index in [1.807, 2.05) is 32.0 Å². The Morgan fingerprint density at radius 2 is 1.89 bits per heavy atom. The minimum absolute atomic E-state index is 0.0323. The molecule has 0 saturated heterocycles. The van der Waals surface area contributed by atoms with Crippen molar-refractivity contribution < 1.29 is 18.7 Å². The molecular weight excluding hydrogens is 378 g/mol. The Morgan fingerprint density at radius 1 is 1.11 bits per heavy atom. The van der Waals surface area contributed by atoms with Crippen LogP contribution in [0.25, 0.3) is 11.5 Å². The van der Waals surface area contributed by atoms with Crippen LogP contribution in [0.3, 0.4) is 0 Å². The fraction of sp³-hybridized carbons (Fsp3) is 0.200. The first-order chi connectivity index (χ1) is 13.5. The Labute approximate surface area is 166 Å². The molecule has 0 atom stereocenters. The number of benzene rings is 2. The number of carbonyl (C=O) groups is 2. The zero-order chi connectivity index (χ0) is 20.1. The molecule has 8 heteroatoms. The van der Waals surface area contributed by atoms with Crippen LogP contribution < -0.4 is 10.1 Å². The molecule has 3 rings (SSSR count). The summed E-state index contributed by atoms with van der Waals surface area (Å²) in [5.74, 6) is -0.238. The lowest BCUT2D eigenvalue weighted by molar-refractivity contribution is -0.117. The lowest BCUT2D eigenvalue weighted by Crippen LogP contribution is -2.32. The van der Waals surface area contributed by atoms with Gasteiger partial charge in [-0.15, -0.1) is 10.2 Å². The Hall–Kier alpha value is -3.13. The summed E-state index contributed by atoms with van der Waals surface area (Å²) in [5, 5.41) is 10.5. The monoisotopic (exact) mass is 397 g/mol. The van der Waals surface area contributed by atoms with E-state index in [1.165, 1.54) is 12.7 Å². The van der Waals surface area contributed by atoms with E-state index in [0.717, 1.165) is 22.9 Å². The van der Waals surface area contributed by atoms with Crippen LogP contribution in [0.4, 0.5) is 0 Å². The van der Waals surface area contributed by atoms with Gasteiger partial charge in [0.25, 0.3) is 11.1 Å². The van der Waals surface area contributed by atoms with Crippen LogP contribution in [0.1, 0.15) is 21.5 Å². The van der Waals surface area contributed by atoms with E-state index in [-0.39, 0.29) is 16.5 Å². The number of methoxy groups -OCH3 is 1. The number of aryl methyl sites for hydroxylation is 2. The van der Waals surface area contributed by atoms with Crippen LogP contribution in [-0.4, -0.2) is 34.9 Å². The SMILES string of the molecule is COc1ccccc1C(=O)NC(=O)CSc1nnc(-c2ccc(C)c(C)c2)o1. The minimum atomic E-state index is -0.524. The molecule has 0 bridgehead atoms. The molecule has 0 radical (unpaired) electrons. The Balaban J connectivity index is 1.58. The molecule has 1 heterocycles. The van der Waals surface area contributed by atoms with Gasteiger partial charge in [0.05, 0.1) is 18.4 Å². The fourth-order valence-corrected chi connectivity index (χ4v) is 3.01. The largest absolute Gasteiger partial charge is 0.496 e. The first-order valence-corrected chi connectivity index (χ1v) is 9.47.